The van der Waals surface area contributed by atoms with Gasteiger partial charge in [-0.3, -0.25) is 0 Å². The molecule has 0 bridgehead atoms. The van der Waals surface area contributed by atoms with Crippen LogP contribution in [-0.4, -0.2) is 36.9 Å². The van der Waals surface area contributed by atoms with Gasteiger partial charge >= 0.3 is 5.97 Å². The minimum Gasteiger partial charge on any atom is -0.478 e. The summed E-state index contributed by atoms with van der Waals surface area (Å²) in [6.45, 7) is 2.63. The SMILES string of the molecule is Cc1ccc(S(=O)(=O)N2CCCCC2)c(Br)c1C(=O)O. The van der Waals surface area contributed by atoms with E-state index in [1.54, 1.807) is 6.92 Å². The van der Waals surface area contributed by atoms with Gasteiger partial charge < -0.3 is 5.11 Å². The van der Waals surface area contributed by atoms with Crippen molar-refractivity contribution in [2.75, 3.05) is 13.1 Å². The summed E-state index contributed by atoms with van der Waals surface area (Å²) in [6.07, 6.45) is 2.71. The van der Waals surface area contributed by atoms with Gasteiger partial charge in [-0.25, -0.2) is 13.2 Å². The van der Waals surface area contributed by atoms with Crippen molar-refractivity contribution in [3.8, 4) is 0 Å². The Hall–Kier alpha value is -0.920. The first-order valence-electron chi connectivity index (χ1n) is 6.38. The van der Waals surface area contributed by atoms with Crippen LogP contribution in [0.4, 0.5) is 0 Å². The maximum absolute atomic E-state index is 12.6. The summed E-state index contributed by atoms with van der Waals surface area (Å²) in [7, 11) is -3.64. The van der Waals surface area contributed by atoms with E-state index in [0.29, 0.717) is 18.7 Å². The number of aryl methyl sites for hydroxylation is 1. The van der Waals surface area contributed by atoms with E-state index < -0.39 is 16.0 Å². The Balaban J connectivity index is 2.52. The summed E-state index contributed by atoms with van der Waals surface area (Å²) < 4.78 is 26.8. The van der Waals surface area contributed by atoms with Gasteiger partial charge in [0.2, 0.25) is 10.0 Å². The molecule has 5 nitrogen and oxygen atoms in total. The first-order chi connectivity index (χ1) is 9.35. The number of benzene rings is 1. The molecule has 1 saturated heterocycles. The van der Waals surface area contributed by atoms with E-state index in [0.717, 1.165) is 19.3 Å². The molecule has 1 N–H and O–H groups in total. The van der Waals surface area contributed by atoms with Gasteiger partial charge in [-0.05, 0) is 47.3 Å². The zero-order chi connectivity index (χ0) is 14.9. The molecule has 0 aromatic heterocycles. The number of halogens is 1. The quantitative estimate of drug-likeness (QED) is 0.897. The van der Waals surface area contributed by atoms with Crippen LogP contribution in [0, 0.1) is 6.92 Å². The summed E-state index contributed by atoms with van der Waals surface area (Å²) in [4.78, 5) is 11.3. The van der Waals surface area contributed by atoms with Gasteiger partial charge in [-0.15, -0.1) is 0 Å². The lowest BCUT2D eigenvalue weighted by atomic mass is 10.1. The Kier molecular flexibility index (Phi) is 4.51. The van der Waals surface area contributed by atoms with Crippen LogP contribution in [0.2, 0.25) is 0 Å². The van der Waals surface area contributed by atoms with Crippen LogP contribution < -0.4 is 0 Å². The molecule has 7 heteroatoms. The van der Waals surface area contributed by atoms with Gasteiger partial charge in [0.1, 0.15) is 0 Å². The van der Waals surface area contributed by atoms with Crippen molar-refractivity contribution in [2.24, 2.45) is 0 Å². The van der Waals surface area contributed by atoms with Crippen molar-refractivity contribution in [3.63, 3.8) is 0 Å². The van der Waals surface area contributed by atoms with Crippen LogP contribution in [0.3, 0.4) is 0 Å². The minimum absolute atomic E-state index is 0.00286. The highest BCUT2D eigenvalue weighted by atomic mass is 79.9. The summed E-state index contributed by atoms with van der Waals surface area (Å²) in [6, 6.07) is 3.00. The highest BCUT2D eigenvalue weighted by molar-refractivity contribution is 9.10. The Labute approximate surface area is 126 Å². The lowest BCUT2D eigenvalue weighted by molar-refractivity contribution is 0.0694. The number of carboxylic acids is 1. The van der Waals surface area contributed by atoms with E-state index in [-0.39, 0.29) is 14.9 Å². The van der Waals surface area contributed by atoms with Gasteiger partial charge in [-0.2, -0.15) is 4.31 Å². The van der Waals surface area contributed by atoms with Crippen molar-refractivity contribution in [2.45, 2.75) is 31.1 Å². The predicted molar refractivity (Wildman–Crippen MR) is 78.4 cm³/mol. The molecule has 0 saturated carbocycles. The molecule has 1 fully saturated rings. The number of carboxylic acid groups (broad SMARTS) is 1. The van der Waals surface area contributed by atoms with Crippen LogP contribution in [0.15, 0.2) is 21.5 Å². The van der Waals surface area contributed by atoms with E-state index >= 15 is 0 Å². The van der Waals surface area contributed by atoms with Crippen molar-refractivity contribution in [3.05, 3.63) is 27.7 Å². The second-order valence-electron chi connectivity index (χ2n) is 4.84. The van der Waals surface area contributed by atoms with E-state index in [1.165, 1.54) is 16.4 Å². The zero-order valence-electron chi connectivity index (χ0n) is 11.1. The molecule has 0 radical (unpaired) electrons. The second kappa shape index (κ2) is 5.83. The summed E-state index contributed by atoms with van der Waals surface area (Å²) in [5.41, 5.74) is 0.532. The molecule has 20 heavy (non-hydrogen) atoms. The molecule has 110 valence electrons. The number of sulfonamides is 1. The largest absolute Gasteiger partial charge is 0.478 e. The third kappa shape index (κ3) is 2.75. The molecule has 1 aromatic rings. The molecular weight excluding hydrogens is 346 g/mol. The predicted octanol–water partition coefficient (Wildman–Crippen LogP) is 2.63. The molecule has 0 unspecified atom stereocenters. The average molecular weight is 362 g/mol. The Morgan fingerprint density at radius 2 is 1.85 bits per heavy atom. The van der Waals surface area contributed by atoms with Crippen molar-refractivity contribution < 1.29 is 18.3 Å². The monoisotopic (exact) mass is 361 g/mol. The van der Waals surface area contributed by atoms with Gasteiger partial charge in [0.25, 0.3) is 0 Å². The smallest absolute Gasteiger partial charge is 0.337 e. The molecule has 1 heterocycles. The maximum Gasteiger partial charge on any atom is 0.337 e. The first kappa shape index (κ1) is 15.5. The van der Waals surface area contributed by atoms with Gasteiger partial charge in [0.15, 0.2) is 0 Å². The van der Waals surface area contributed by atoms with Gasteiger partial charge in [-0.1, -0.05) is 12.5 Å². The van der Waals surface area contributed by atoms with E-state index in [1.807, 2.05) is 0 Å². The van der Waals surface area contributed by atoms with E-state index in [2.05, 4.69) is 15.9 Å². The molecule has 0 aliphatic carbocycles. The summed E-state index contributed by atoms with van der Waals surface area (Å²) in [5, 5.41) is 9.21. The number of hydrogen-bond acceptors (Lipinski definition) is 3. The van der Waals surface area contributed by atoms with Crippen molar-refractivity contribution >= 4 is 31.9 Å². The fourth-order valence-corrected chi connectivity index (χ4v) is 5.17. The van der Waals surface area contributed by atoms with E-state index in [4.69, 9.17) is 0 Å². The van der Waals surface area contributed by atoms with E-state index in [9.17, 15) is 18.3 Å². The number of carbonyl (C=O) groups is 1. The molecule has 0 atom stereocenters. The molecule has 1 aromatic carbocycles. The second-order valence-corrected chi connectivity index (χ2v) is 7.54. The lowest BCUT2D eigenvalue weighted by Gasteiger charge is -2.26. The number of hydrogen-bond donors (Lipinski definition) is 1. The maximum atomic E-state index is 12.6. The fourth-order valence-electron chi connectivity index (χ4n) is 2.36. The van der Waals surface area contributed by atoms with Gasteiger partial charge in [0.05, 0.1) is 14.9 Å². The lowest BCUT2D eigenvalue weighted by Crippen LogP contribution is -2.36. The third-order valence-electron chi connectivity index (χ3n) is 3.46. The molecule has 0 spiro atoms. The van der Waals surface area contributed by atoms with Crippen LogP contribution in [0.5, 0.6) is 0 Å². The number of aromatic carboxylic acids is 1. The number of piperidine rings is 1. The fraction of sp³-hybridized carbons (Fsp3) is 0.462. The molecule has 1 aliphatic heterocycles. The highest BCUT2D eigenvalue weighted by Crippen LogP contribution is 2.31. The van der Waals surface area contributed by atoms with Crippen LogP contribution >= 0.6 is 15.9 Å². The average Bonchev–Trinajstić information content (AvgIpc) is 2.39. The third-order valence-corrected chi connectivity index (χ3v) is 6.49. The molecule has 0 amide bonds. The van der Waals surface area contributed by atoms with Gasteiger partial charge in [0, 0.05) is 13.1 Å². The number of nitrogens with zero attached hydrogens (tertiary/aromatic N) is 1. The zero-order valence-corrected chi connectivity index (χ0v) is 13.5. The normalized spacial score (nSPS) is 17.1. The van der Waals surface area contributed by atoms with Crippen molar-refractivity contribution in [1.29, 1.82) is 0 Å². The van der Waals surface area contributed by atoms with Crippen molar-refractivity contribution in [1.82, 2.24) is 4.31 Å². The Morgan fingerprint density at radius 1 is 1.25 bits per heavy atom. The number of rotatable bonds is 3. The van der Waals surface area contributed by atoms with Crippen LogP contribution in [0.1, 0.15) is 35.2 Å². The minimum atomic E-state index is -3.64. The first-order valence-corrected chi connectivity index (χ1v) is 8.61. The molecule has 2 rings (SSSR count). The summed E-state index contributed by atoms with van der Waals surface area (Å²) in [5.74, 6) is -1.13. The highest BCUT2D eigenvalue weighted by Gasteiger charge is 2.30. The van der Waals surface area contributed by atoms with Crippen LogP contribution in [0.25, 0.3) is 0 Å². The Morgan fingerprint density at radius 3 is 2.40 bits per heavy atom. The Bertz CT molecular complexity index is 636. The topological polar surface area (TPSA) is 74.7 Å². The molecule has 1 aliphatic rings. The summed E-state index contributed by atoms with van der Waals surface area (Å²) >= 11 is 3.15. The standard InChI is InChI=1S/C13H16BrNO4S/c1-9-5-6-10(12(14)11(9)13(16)17)20(18,19)15-7-3-2-4-8-15/h5-6H,2-4,7-8H2,1H3,(H,16,17). The molecular formula is C13H16BrNO4S. The van der Waals surface area contributed by atoms with Crippen LogP contribution in [-0.2, 0) is 10.0 Å².